The van der Waals surface area contributed by atoms with Gasteiger partial charge in [-0.3, -0.25) is 0 Å². The number of rotatable bonds is 2. The minimum absolute atomic E-state index is 0.382. The van der Waals surface area contributed by atoms with Crippen molar-refractivity contribution in [2.45, 2.75) is 25.4 Å². The molecule has 0 N–H and O–H groups in total. The predicted molar refractivity (Wildman–Crippen MR) is 53.8 cm³/mol. The van der Waals surface area contributed by atoms with Gasteiger partial charge in [0.15, 0.2) is 0 Å². The van der Waals surface area contributed by atoms with Gasteiger partial charge in [-0.25, -0.2) is 0 Å². The molecule has 0 bridgehead atoms. The lowest BCUT2D eigenvalue weighted by Crippen LogP contribution is -2.17. The van der Waals surface area contributed by atoms with Crippen LogP contribution in [-0.2, 0) is 0 Å². The third-order valence-electron chi connectivity index (χ3n) is 2.27. The van der Waals surface area contributed by atoms with Crippen LogP contribution in [0.2, 0.25) is 0 Å². The monoisotopic (exact) mass is 174 g/mol. The van der Waals surface area contributed by atoms with Crippen LogP contribution in [0.5, 0.6) is 5.75 Å². The van der Waals surface area contributed by atoms with Gasteiger partial charge in [0, 0.05) is 6.42 Å². The van der Waals surface area contributed by atoms with Crippen molar-refractivity contribution in [3.8, 4) is 5.75 Å². The summed E-state index contributed by atoms with van der Waals surface area (Å²) in [6, 6.07) is 10.0. The van der Waals surface area contributed by atoms with E-state index in [1.54, 1.807) is 0 Å². The van der Waals surface area contributed by atoms with Crippen molar-refractivity contribution in [3.05, 3.63) is 42.5 Å². The second-order valence-electron chi connectivity index (χ2n) is 3.34. The summed E-state index contributed by atoms with van der Waals surface area (Å²) >= 11 is 0. The Morgan fingerprint density at radius 1 is 1.08 bits per heavy atom. The highest BCUT2D eigenvalue weighted by Crippen LogP contribution is 2.18. The van der Waals surface area contributed by atoms with Crippen LogP contribution < -0.4 is 4.74 Å². The molecule has 1 aliphatic rings. The van der Waals surface area contributed by atoms with Crippen LogP contribution in [-0.4, -0.2) is 6.10 Å². The van der Waals surface area contributed by atoms with Gasteiger partial charge in [-0.05, 0) is 25.0 Å². The minimum atomic E-state index is 0.382. The van der Waals surface area contributed by atoms with Crippen LogP contribution in [0.1, 0.15) is 19.3 Å². The van der Waals surface area contributed by atoms with E-state index in [1.165, 1.54) is 0 Å². The molecule has 1 atom stereocenters. The maximum absolute atomic E-state index is 5.80. The zero-order valence-corrected chi connectivity index (χ0v) is 7.65. The number of benzene rings is 1. The third kappa shape index (κ3) is 2.35. The first kappa shape index (κ1) is 8.36. The highest BCUT2D eigenvalue weighted by atomic mass is 16.5. The van der Waals surface area contributed by atoms with E-state index in [0.29, 0.717) is 6.10 Å². The van der Waals surface area contributed by atoms with Gasteiger partial charge in [-0.2, -0.15) is 0 Å². The number of hydrogen-bond donors (Lipinski definition) is 0. The summed E-state index contributed by atoms with van der Waals surface area (Å²) in [5.74, 6) is 0.989. The Kier molecular flexibility index (Phi) is 2.65. The van der Waals surface area contributed by atoms with E-state index in [-0.39, 0.29) is 0 Å². The number of ether oxygens (including phenoxy) is 1. The molecule has 13 heavy (non-hydrogen) atoms. The molecule has 0 heterocycles. The maximum atomic E-state index is 5.80. The fourth-order valence-corrected chi connectivity index (χ4v) is 1.56. The zero-order valence-electron chi connectivity index (χ0n) is 7.65. The predicted octanol–water partition coefficient (Wildman–Crippen LogP) is 3.17. The van der Waals surface area contributed by atoms with Gasteiger partial charge in [-0.15, -0.1) is 0 Å². The Labute approximate surface area is 79.0 Å². The van der Waals surface area contributed by atoms with Gasteiger partial charge in [0.05, 0.1) is 0 Å². The van der Waals surface area contributed by atoms with Crippen molar-refractivity contribution in [2.24, 2.45) is 0 Å². The Morgan fingerprint density at radius 2 is 1.92 bits per heavy atom. The highest BCUT2D eigenvalue weighted by molar-refractivity contribution is 5.21. The van der Waals surface area contributed by atoms with Gasteiger partial charge < -0.3 is 4.74 Å². The van der Waals surface area contributed by atoms with E-state index >= 15 is 0 Å². The second kappa shape index (κ2) is 4.13. The van der Waals surface area contributed by atoms with E-state index in [2.05, 4.69) is 12.2 Å². The fourth-order valence-electron chi connectivity index (χ4n) is 1.56. The van der Waals surface area contributed by atoms with Gasteiger partial charge >= 0.3 is 0 Å². The standard InChI is InChI=1S/C12H14O/c1-3-7-11(8-4-1)13-12-9-5-2-6-10-12/h1-5,7-8,12H,6,9-10H2. The number of hydrogen-bond acceptors (Lipinski definition) is 1. The van der Waals surface area contributed by atoms with Crippen molar-refractivity contribution in [1.82, 2.24) is 0 Å². The van der Waals surface area contributed by atoms with E-state index in [1.807, 2.05) is 30.3 Å². The molecule has 1 aliphatic carbocycles. The first-order chi connectivity index (χ1) is 6.45. The van der Waals surface area contributed by atoms with E-state index in [4.69, 9.17) is 4.74 Å². The summed E-state index contributed by atoms with van der Waals surface area (Å²) in [7, 11) is 0. The summed E-state index contributed by atoms with van der Waals surface area (Å²) in [5.41, 5.74) is 0. The first-order valence-electron chi connectivity index (χ1n) is 4.82. The SMILES string of the molecule is C1=CCC(Oc2ccccc2)CC1. The Hall–Kier alpha value is -1.24. The zero-order chi connectivity index (χ0) is 8.93. The number of allylic oxidation sites excluding steroid dienone is 1. The van der Waals surface area contributed by atoms with Crippen LogP contribution in [0.3, 0.4) is 0 Å². The highest BCUT2D eigenvalue weighted by Gasteiger charge is 2.10. The summed E-state index contributed by atoms with van der Waals surface area (Å²) < 4.78 is 5.80. The molecule has 0 spiro atoms. The molecule has 1 aromatic carbocycles. The van der Waals surface area contributed by atoms with Crippen LogP contribution >= 0.6 is 0 Å². The van der Waals surface area contributed by atoms with Crippen LogP contribution in [0.25, 0.3) is 0 Å². The molecule has 68 valence electrons. The first-order valence-corrected chi connectivity index (χ1v) is 4.82. The molecule has 0 aliphatic heterocycles. The van der Waals surface area contributed by atoms with Crippen LogP contribution in [0.4, 0.5) is 0 Å². The molecule has 0 saturated heterocycles. The van der Waals surface area contributed by atoms with Crippen molar-refractivity contribution in [3.63, 3.8) is 0 Å². The molecule has 1 heteroatoms. The molecule has 1 unspecified atom stereocenters. The molecule has 1 aromatic rings. The normalized spacial score (nSPS) is 21.4. The fraction of sp³-hybridized carbons (Fsp3) is 0.333. The maximum Gasteiger partial charge on any atom is 0.119 e. The van der Waals surface area contributed by atoms with Crippen molar-refractivity contribution < 1.29 is 4.74 Å². The summed E-state index contributed by atoms with van der Waals surface area (Å²) in [4.78, 5) is 0. The summed E-state index contributed by atoms with van der Waals surface area (Å²) in [5, 5.41) is 0. The third-order valence-corrected chi connectivity index (χ3v) is 2.27. The lowest BCUT2D eigenvalue weighted by Gasteiger charge is -2.19. The largest absolute Gasteiger partial charge is 0.490 e. The van der Waals surface area contributed by atoms with Gasteiger partial charge in [-0.1, -0.05) is 30.4 Å². The lowest BCUT2D eigenvalue weighted by atomic mass is 10.0. The molecule has 0 fully saturated rings. The lowest BCUT2D eigenvalue weighted by molar-refractivity contribution is 0.191. The average molecular weight is 174 g/mol. The van der Waals surface area contributed by atoms with E-state index in [0.717, 1.165) is 25.0 Å². The van der Waals surface area contributed by atoms with Crippen molar-refractivity contribution in [1.29, 1.82) is 0 Å². The van der Waals surface area contributed by atoms with Gasteiger partial charge in [0.2, 0.25) is 0 Å². The molecular weight excluding hydrogens is 160 g/mol. The number of para-hydroxylation sites is 1. The Bertz CT molecular complexity index is 276. The van der Waals surface area contributed by atoms with Crippen molar-refractivity contribution >= 4 is 0 Å². The molecule has 0 aromatic heterocycles. The van der Waals surface area contributed by atoms with Crippen LogP contribution in [0, 0.1) is 0 Å². The minimum Gasteiger partial charge on any atom is -0.490 e. The van der Waals surface area contributed by atoms with E-state index in [9.17, 15) is 0 Å². The van der Waals surface area contributed by atoms with Crippen LogP contribution in [0.15, 0.2) is 42.5 Å². The Balaban J connectivity index is 1.94. The molecule has 0 saturated carbocycles. The quantitative estimate of drug-likeness (QED) is 0.626. The molecule has 1 nitrogen and oxygen atoms in total. The van der Waals surface area contributed by atoms with E-state index < -0.39 is 0 Å². The average Bonchev–Trinajstić information content (AvgIpc) is 2.21. The topological polar surface area (TPSA) is 9.23 Å². The smallest absolute Gasteiger partial charge is 0.119 e. The molecule has 2 rings (SSSR count). The van der Waals surface area contributed by atoms with Gasteiger partial charge in [0.1, 0.15) is 11.9 Å². The summed E-state index contributed by atoms with van der Waals surface area (Å²) in [6.45, 7) is 0. The van der Waals surface area contributed by atoms with Gasteiger partial charge in [0.25, 0.3) is 0 Å². The Morgan fingerprint density at radius 3 is 2.62 bits per heavy atom. The summed E-state index contributed by atoms with van der Waals surface area (Å²) in [6.07, 6.45) is 8.16. The molecule has 0 radical (unpaired) electrons. The van der Waals surface area contributed by atoms with Crippen molar-refractivity contribution in [2.75, 3.05) is 0 Å². The second-order valence-corrected chi connectivity index (χ2v) is 3.34. The molecular formula is C12H14O. The molecule has 0 amide bonds.